The molecule has 0 aliphatic rings. The third-order valence-corrected chi connectivity index (χ3v) is 4.82. The quantitative estimate of drug-likeness (QED) is 0.481. The van der Waals surface area contributed by atoms with E-state index in [4.69, 9.17) is 11.0 Å². The van der Waals surface area contributed by atoms with Gasteiger partial charge in [-0.15, -0.1) is 0 Å². The van der Waals surface area contributed by atoms with E-state index >= 15 is 0 Å². The van der Waals surface area contributed by atoms with Crippen molar-refractivity contribution in [2.45, 2.75) is 12.8 Å². The Morgan fingerprint density at radius 2 is 1.83 bits per heavy atom. The lowest BCUT2D eigenvalue weighted by atomic mass is 10.1. The number of fused-ring (bicyclic) bond motifs is 1. The molecule has 0 amide bonds. The van der Waals surface area contributed by atoms with Crippen molar-refractivity contribution in [3.63, 3.8) is 0 Å². The molecule has 2 heterocycles. The van der Waals surface area contributed by atoms with E-state index in [1.165, 1.54) is 0 Å². The Morgan fingerprint density at radius 3 is 2.60 bits per heavy atom. The van der Waals surface area contributed by atoms with Crippen LogP contribution in [0.25, 0.3) is 16.6 Å². The molecule has 0 bridgehead atoms. The highest BCUT2D eigenvalue weighted by molar-refractivity contribution is 5.81. The van der Waals surface area contributed by atoms with Gasteiger partial charge in [-0.1, -0.05) is 18.2 Å². The topological polar surface area (TPSA) is 116 Å². The molecule has 2 aromatic heterocycles. The van der Waals surface area contributed by atoms with E-state index < -0.39 is 0 Å². The third kappa shape index (κ3) is 3.78. The van der Waals surface area contributed by atoms with Crippen molar-refractivity contribution in [1.82, 2.24) is 14.8 Å². The monoisotopic (exact) mass is 393 g/mol. The first-order valence-electron chi connectivity index (χ1n) is 9.57. The van der Waals surface area contributed by atoms with Crippen LogP contribution in [0.4, 0.5) is 11.6 Å². The molecule has 0 aliphatic heterocycles. The molecule has 30 heavy (non-hydrogen) atoms. The zero-order valence-electron chi connectivity index (χ0n) is 16.2. The Morgan fingerprint density at radius 1 is 1.00 bits per heavy atom. The number of nitrogens with zero attached hydrogens (tertiary/aromatic N) is 5. The molecular formula is C23H19N7. The van der Waals surface area contributed by atoms with Gasteiger partial charge in [-0.05, 0) is 55.3 Å². The summed E-state index contributed by atoms with van der Waals surface area (Å²) in [6, 6.07) is 23.1. The van der Waals surface area contributed by atoms with Gasteiger partial charge in [0.2, 0.25) is 0 Å². The first-order valence-corrected chi connectivity index (χ1v) is 9.57. The minimum Gasteiger partial charge on any atom is -0.382 e. The second-order valence-corrected chi connectivity index (χ2v) is 6.81. The number of benzene rings is 2. The number of hydrogen-bond acceptors (Lipinski definition) is 6. The minimum atomic E-state index is 0.361. The van der Waals surface area contributed by atoms with Crippen LogP contribution in [0.3, 0.4) is 0 Å². The van der Waals surface area contributed by atoms with E-state index in [9.17, 15) is 5.26 Å². The predicted octanol–water partition coefficient (Wildman–Crippen LogP) is 3.79. The summed E-state index contributed by atoms with van der Waals surface area (Å²) >= 11 is 0. The van der Waals surface area contributed by atoms with Gasteiger partial charge in [0.15, 0.2) is 0 Å². The van der Waals surface area contributed by atoms with Crippen molar-refractivity contribution in [1.29, 1.82) is 10.5 Å². The van der Waals surface area contributed by atoms with E-state index in [1.807, 2.05) is 54.6 Å². The average molecular weight is 393 g/mol. The van der Waals surface area contributed by atoms with E-state index in [0.29, 0.717) is 35.6 Å². The molecule has 7 nitrogen and oxygen atoms in total. The normalized spacial score (nSPS) is 10.5. The van der Waals surface area contributed by atoms with Crippen LogP contribution in [-0.2, 0) is 6.42 Å². The highest BCUT2D eigenvalue weighted by atomic mass is 15.3. The minimum absolute atomic E-state index is 0.361. The van der Waals surface area contributed by atoms with E-state index in [-0.39, 0.29) is 0 Å². The number of pyridine rings is 1. The lowest BCUT2D eigenvalue weighted by molar-refractivity contribution is 0.789. The van der Waals surface area contributed by atoms with Crippen molar-refractivity contribution in [3.05, 3.63) is 77.5 Å². The fourth-order valence-electron chi connectivity index (χ4n) is 3.31. The summed E-state index contributed by atoms with van der Waals surface area (Å²) in [5.74, 6) is 1.13. The van der Waals surface area contributed by atoms with Gasteiger partial charge in [0.25, 0.3) is 0 Å². The lowest BCUT2D eigenvalue weighted by Crippen LogP contribution is -2.05. The lowest BCUT2D eigenvalue weighted by Gasteiger charge is -2.06. The second-order valence-electron chi connectivity index (χ2n) is 6.81. The van der Waals surface area contributed by atoms with Crippen molar-refractivity contribution >= 4 is 22.5 Å². The summed E-state index contributed by atoms with van der Waals surface area (Å²) in [7, 11) is 0. The largest absolute Gasteiger partial charge is 0.382 e. The number of nitrogens with two attached hydrogens (primary N) is 1. The first kappa shape index (κ1) is 19.0. The van der Waals surface area contributed by atoms with Crippen LogP contribution in [0, 0.1) is 22.7 Å². The maximum absolute atomic E-state index is 9.50. The molecule has 0 saturated carbocycles. The number of aromatic nitrogens is 3. The van der Waals surface area contributed by atoms with Crippen LogP contribution in [-0.4, -0.2) is 21.3 Å². The van der Waals surface area contributed by atoms with Crippen LogP contribution in [0.1, 0.15) is 23.2 Å². The number of rotatable bonds is 6. The van der Waals surface area contributed by atoms with Crippen LogP contribution in [0.5, 0.6) is 0 Å². The van der Waals surface area contributed by atoms with Crippen LogP contribution in [0.2, 0.25) is 0 Å². The maximum Gasteiger partial charge on any atom is 0.145 e. The summed E-state index contributed by atoms with van der Waals surface area (Å²) < 4.78 is 1.61. The van der Waals surface area contributed by atoms with Crippen LogP contribution in [0.15, 0.2) is 60.7 Å². The Balaban J connectivity index is 1.42. The number of nitrogen functional groups attached to an aromatic ring is 1. The van der Waals surface area contributed by atoms with Crippen molar-refractivity contribution in [2.75, 3.05) is 17.6 Å². The highest BCUT2D eigenvalue weighted by Gasteiger charge is 2.16. The van der Waals surface area contributed by atoms with Crippen molar-refractivity contribution < 1.29 is 0 Å². The van der Waals surface area contributed by atoms with Crippen molar-refractivity contribution in [3.8, 4) is 17.8 Å². The van der Waals surface area contributed by atoms with Gasteiger partial charge in [0.1, 0.15) is 23.3 Å². The fourth-order valence-corrected chi connectivity index (χ4v) is 3.31. The Labute approximate surface area is 174 Å². The molecule has 0 aliphatic carbocycles. The first-order chi connectivity index (χ1) is 14.7. The number of aryl methyl sites for hydroxylation is 1. The standard InChI is InChI=1S/C23H19N7/c24-14-16-8-10-20-17(13-16)9-11-22(28-20)27-12-4-7-21-19(15-25)23(26)30(29-21)18-5-2-1-3-6-18/h1-3,5-6,8-11,13H,4,7,12,26H2,(H,27,28). The number of para-hydroxylation sites is 1. The smallest absolute Gasteiger partial charge is 0.145 e. The fraction of sp³-hybridized carbons (Fsp3) is 0.130. The molecule has 0 spiro atoms. The van der Waals surface area contributed by atoms with Gasteiger partial charge in [0.05, 0.1) is 28.5 Å². The molecule has 7 heteroatoms. The Hall–Kier alpha value is -4.36. The van der Waals surface area contributed by atoms with Gasteiger partial charge in [-0.2, -0.15) is 15.6 Å². The molecule has 4 rings (SSSR count). The van der Waals surface area contributed by atoms with E-state index in [1.54, 1.807) is 10.7 Å². The molecule has 146 valence electrons. The SMILES string of the molecule is N#Cc1ccc2nc(NCCCc3nn(-c4ccccc4)c(N)c3C#N)ccc2c1. The molecule has 4 aromatic rings. The number of nitrogens with one attached hydrogen (secondary N) is 1. The molecule has 2 aromatic carbocycles. The molecule has 0 radical (unpaired) electrons. The predicted molar refractivity (Wildman–Crippen MR) is 116 cm³/mol. The Bertz CT molecular complexity index is 1280. The molecule has 0 saturated heterocycles. The summed E-state index contributed by atoms with van der Waals surface area (Å²) in [6.45, 7) is 0.678. The maximum atomic E-state index is 9.50. The number of anilines is 2. The highest BCUT2D eigenvalue weighted by Crippen LogP contribution is 2.22. The summed E-state index contributed by atoms with van der Waals surface area (Å²) in [6.07, 6.45) is 1.39. The second kappa shape index (κ2) is 8.34. The van der Waals surface area contributed by atoms with Crippen LogP contribution < -0.4 is 11.1 Å². The summed E-state index contributed by atoms with van der Waals surface area (Å²) in [5.41, 5.74) is 9.55. The van der Waals surface area contributed by atoms with Crippen molar-refractivity contribution in [2.24, 2.45) is 0 Å². The van der Waals surface area contributed by atoms with Gasteiger partial charge >= 0.3 is 0 Å². The van der Waals surface area contributed by atoms with E-state index in [0.717, 1.165) is 28.8 Å². The molecule has 0 atom stereocenters. The van der Waals surface area contributed by atoms with Gasteiger partial charge in [-0.25, -0.2) is 9.67 Å². The summed E-state index contributed by atoms with van der Waals surface area (Å²) in [4.78, 5) is 4.57. The van der Waals surface area contributed by atoms with Crippen LogP contribution >= 0.6 is 0 Å². The van der Waals surface area contributed by atoms with E-state index in [2.05, 4.69) is 27.5 Å². The number of nitriles is 2. The van der Waals surface area contributed by atoms with Gasteiger partial charge < -0.3 is 11.1 Å². The molecule has 0 unspecified atom stereocenters. The van der Waals surface area contributed by atoms with Gasteiger partial charge in [0, 0.05) is 11.9 Å². The average Bonchev–Trinajstić information content (AvgIpc) is 3.12. The molecule has 0 fully saturated rings. The molecule has 3 N–H and O–H groups in total. The zero-order chi connectivity index (χ0) is 20.9. The Kier molecular flexibility index (Phi) is 5.27. The number of hydrogen-bond donors (Lipinski definition) is 2. The molecular weight excluding hydrogens is 374 g/mol. The summed E-state index contributed by atoms with van der Waals surface area (Å²) in [5, 5.41) is 27.3. The zero-order valence-corrected chi connectivity index (χ0v) is 16.2. The van der Waals surface area contributed by atoms with Gasteiger partial charge in [-0.3, -0.25) is 0 Å². The third-order valence-electron chi connectivity index (χ3n) is 4.82.